The molecule has 2 aromatic carbocycles. The molecule has 28 heavy (non-hydrogen) atoms. The van der Waals surface area contributed by atoms with E-state index in [0.717, 1.165) is 27.8 Å². The topological polar surface area (TPSA) is 55.1 Å². The first-order valence-corrected chi connectivity index (χ1v) is 9.35. The fourth-order valence-corrected chi connectivity index (χ4v) is 3.43. The second-order valence-corrected chi connectivity index (χ2v) is 7.00. The lowest BCUT2D eigenvalue weighted by molar-refractivity contribution is 0.551. The molecule has 4 aromatic rings. The van der Waals surface area contributed by atoms with Gasteiger partial charge in [0.1, 0.15) is 5.58 Å². The highest BCUT2D eigenvalue weighted by atomic mass is 16.4. The van der Waals surface area contributed by atoms with Crippen molar-refractivity contribution in [3.63, 3.8) is 0 Å². The molecule has 0 aliphatic rings. The van der Waals surface area contributed by atoms with E-state index in [4.69, 9.17) is 4.42 Å². The van der Waals surface area contributed by atoms with Gasteiger partial charge in [-0.05, 0) is 60.4 Å². The highest BCUT2D eigenvalue weighted by Crippen LogP contribution is 2.24. The zero-order valence-electron chi connectivity index (χ0n) is 16.0. The Bertz CT molecular complexity index is 1110. The molecule has 140 valence electrons. The molecule has 4 rings (SSSR count). The predicted octanol–water partition coefficient (Wildman–Crippen LogP) is 4.68. The Morgan fingerprint density at radius 2 is 1.71 bits per heavy atom. The zero-order valence-corrected chi connectivity index (χ0v) is 16.0. The van der Waals surface area contributed by atoms with Crippen molar-refractivity contribution >= 4 is 11.0 Å². The van der Waals surface area contributed by atoms with Crippen molar-refractivity contribution in [2.75, 3.05) is 0 Å². The van der Waals surface area contributed by atoms with Crippen LogP contribution < -0.4 is 10.9 Å². The fraction of sp³-hybridized carbons (Fsp3) is 0.167. The summed E-state index contributed by atoms with van der Waals surface area (Å²) in [4.78, 5) is 16.6. The van der Waals surface area contributed by atoms with Crippen LogP contribution in [0.5, 0.6) is 0 Å². The first-order chi connectivity index (χ1) is 13.6. The van der Waals surface area contributed by atoms with Gasteiger partial charge in [0.05, 0.1) is 11.7 Å². The maximum absolute atomic E-state index is 12.1. The molecule has 4 nitrogen and oxygen atoms in total. The third kappa shape index (κ3) is 3.73. The molecule has 0 saturated heterocycles. The normalized spacial score (nSPS) is 12.2. The summed E-state index contributed by atoms with van der Waals surface area (Å²) in [6.45, 7) is 4.62. The van der Waals surface area contributed by atoms with Crippen molar-refractivity contribution in [1.29, 1.82) is 0 Å². The van der Waals surface area contributed by atoms with E-state index in [0.29, 0.717) is 12.1 Å². The number of benzene rings is 2. The molecule has 2 heterocycles. The molecular weight excluding hydrogens is 348 g/mol. The lowest BCUT2D eigenvalue weighted by Gasteiger charge is -2.19. The van der Waals surface area contributed by atoms with E-state index in [9.17, 15) is 4.79 Å². The Balaban J connectivity index is 1.72. The maximum atomic E-state index is 12.1. The first-order valence-electron chi connectivity index (χ1n) is 9.35. The molecule has 0 saturated carbocycles. The summed E-state index contributed by atoms with van der Waals surface area (Å²) in [6, 6.07) is 21.6. The van der Waals surface area contributed by atoms with Crippen molar-refractivity contribution in [3.05, 3.63) is 111 Å². The second kappa shape index (κ2) is 7.79. The Morgan fingerprint density at radius 3 is 2.46 bits per heavy atom. The van der Waals surface area contributed by atoms with Crippen LogP contribution in [0.2, 0.25) is 0 Å². The van der Waals surface area contributed by atoms with Crippen LogP contribution in [0.3, 0.4) is 0 Å². The Hall–Kier alpha value is -3.24. The van der Waals surface area contributed by atoms with Gasteiger partial charge >= 0.3 is 5.63 Å². The lowest BCUT2D eigenvalue weighted by atomic mass is 10.0. The maximum Gasteiger partial charge on any atom is 0.336 e. The zero-order chi connectivity index (χ0) is 19.5. The van der Waals surface area contributed by atoms with Gasteiger partial charge in [-0.25, -0.2) is 4.79 Å². The van der Waals surface area contributed by atoms with Crippen LogP contribution in [-0.2, 0) is 6.54 Å². The minimum Gasteiger partial charge on any atom is -0.423 e. The number of fused-ring (bicyclic) bond motifs is 1. The summed E-state index contributed by atoms with van der Waals surface area (Å²) in [5.41, 5.74) is 5.56. The quantitative estimate of drug-likeness (QED) is 0.518. The van der Waals surface area contributed by atoms with Gasteiger partial charge in [-0.15, -0.1) is 0 Å². The van der Waals surface area contributed by atoms with Crippen LogP contribution in [0.1, 0.15) is 34.0 Å². The summed E-state index contributed by atoms with van der Waals surface area (Å²) < 4.78 is 5.42. The van der Waals surface area contributed by atoms with Crippen molar-refractivity contribution in [2.45, 2.75) is 26.4 Å². The van der Waals surface area contributed by atoms with Crippen molar-refractivity contribution in [1.82, 2.24) is 10.3 Å². The summed E-state index contributed by atoms with van der Waals surface area (Å²) in [5, 5.41) is 4.54. The van der Waals surface area contributed by atoms with Crippen LogP contribution in [0.25, 0.3) is 11.0 Å². The SMILES string of the molecule is Cc1cc2oc(=O)cc(CNC(c3ccccc3)c3ccccn3)c2cc1C. The Kier molecular flexibility index (Phi) is 5.04. The van der Waals surface area contributed by atoms with E-state index in [1.54, 1.807) is 12.3 Å². The van der Waals surface area contributed by atoms with E-state index >= 15 is 0 Å². The van der Waals surface area contributed by atoms with Crippen LogP contribution in [-0.4, -0.2) is 4.98 Å². The third-order valence-corrected chi connectivity index (χ3v) is 5.06. The monoisotopic (exact) mass is 370 g/mol. The van der Waals surface area contributed by atoms with Gasteiger partial charge in [0, 0.05) is 24.2 Å². The van der Waals surface area contributed by atoms with Gasteiger partial charge < -0.3 is 9.73 Å². The molecule has 0 fully saturated rings. The van der Waals surface area contributed by atoms with Crippen molar-refractivity contribution in [2.24, 2.45) is 0 Å². The molecule has 0 aliphatic carbocycles. The summed E-state index contributed by atoms with van der Waals surface area (Å²) in [7, 11) is 0. The second-order valence-electron chi connectivity index (χ2n) is 7.00. The molecule has 4 heteroatoms. The molecular formula is C24H22N2O2. The van der Waals surface area contributed by atoms with Crippen molar-refractivity contribution in [3.8, 4) is 0 Å². The number of nitrogens with one attached hydrogen (secondary N) is 1. The molecule has 2 aromatic heterocycles. The molecule has 0 bridgehead atoms. The molecule has 0 amide bonds. The van der Waals surface area contributed by atoms with Crippen LogP contribution in [0.4, 0.5) is 0 Å². The molecule has 1 unspecified atom stereocenters. The van der Waals surface area contributed by atoms with Crippen LogP contribution >= 0.6 is 0 Å². The van der Waals surface area contributed by atoms with Crippen LogP contribution in [0.15, 0.2) is 82.1 Å². The predicted molar refractivity (Wildman–Crippen MR) is 111 cm³/mol. The number of rotatable bonds is 5. The average molecular weight is 370 g/mol. The minimum atomic E-state index is -0.332. The Morgan fingerprint density at radius 1 is 0.964 bits per heavy atom. The standard InChI is InChI=1S/C24H22N2O2/c1-16-12-20-19(14-23(27)28-22(20)13-17(16)2)15-26-24(18-8-4-3-5-9-18)21-10-6-7-11-25-21/h3-14,24,26H,15H2,1-2H3. The largest absolute Gasteiger partial charge is 0.423 e. The van der Waals surface area contributed by atoms with Gasteiger partial charge in [0.2, 0.25) is 0 Å². The smallest absolute Gasteiger partial charge is 0.336 e. The fourth-order valence-electron chi connectivity index (χ4n) is 3.43. The molecule has 0 radical (unpaired) electrons. The van der Waals surface area contributed by atoms with Gasteiger partial charge in [-0.2, -0.15) is 0 Å². The number of hydrogen-bond acceptors (Lipinski definition) is 4. The highest BCUT2D eigenvalue weighted by molar-refractivity contribution is 5.81. The van der Waals surface area contributed by atoms with E-state index < -0.39 is 0 Å². The summed E-state index contributed by atoms with van der Waals surface area (Å²) in [6.07, 6.45) is 1.80. The minimum absolute atomic E-state index is 0.0729. The number of aryl methyl sites for hydroxylation is 2. The van der Waals surface area contributed by atoms with Crippen LogP contribution in [0, 0.1) is 13.8 Å². The van der Waals surface area contributed by atoms with E-state index in [1.807, 2.05) is 49.4 Å². The molecule has 1 N–H and O–H groups in total. The number of nitrogens with zero attached hydrogens (tertiary/aromatic N) is 1. The van der Waals surface area contributed by atoms with E-state index in [1.165, 1.54) is 5.56 Å². The van der Waals surface area contributed by atoms with Gasteiger partial charge in [0.25, 0.3) is 0 Å². The van der Waals surface area contributed by atoms with E-state index in [-0.39, 0.29) is 11.7 Å². The molecule has 0 aliphatic heterocycles. The highest BCUT2D eigenvalue weighted by Gasteiger charge is 2.16. The molecule has 1 atom stereocenters. The van der Waals surface area contributed by atoms with Crippen molar-refractivity contribution < 1.29 is 4.42 Å². The van der Waals surface area contributed by atoms with Gasteiger partial charge in [-0.1, -0.05) is 36.4 Å². The van der Waals surface area contributed by atoms with Gasteiger partial charge in [0.15, 0.2) is 0 Å². The number of pyridine rings is 1. The lowest BCUT2D eigenvalue weighted by Crippen LogP contribution is -2.23. The third-order valence-electron chi connectivity index (χ3n) is 5.06. The average Bonchev–Trinajstić information content (AvgIpc) is 2.71. The summed E-state index contributed by atoms with van der Waals surface area (Å²) in [5.74, 6) is 0. The number of aromatic nitrogens is 1. The first kappa shape index (κ1) is 18.1. The van der Waals surface area contributed by atoms with Gasteiger partial charge in [-0.3, -0.25) is 4.98 Å². The summed E-state index contributed by atoms with van der Waals surface area (Å²) >= 11 is 0. The number of hydrogen-bond donors (Lipinski definition) is 1. The Labute approximate surface area is 163 Å². The molecule has 0 spiro atoms. The van der Waals surface area contributed by atoms with E-state index in [2.05, 4.69) is 35.4 Å².